The minimum Gasteiger partial charge on any atom is -0.491 e. The van der Waals surface area contributed by atoms with Gasteiger partial charge in [0.1, 0.15) is 12.4 Å². The van der Waals surface area contributed by atoms with Crippen LogP contribution in [0.15, 0.2) is 48.5 Å². The first-order valence-corrected chi connectivity index (χ1v) is 6.66. The molecular weight excluding hydrogens is 279 g/mol. The monoisotopic (exact) mass is 293 g/mol. The highest BCUT2D eigenvalue weighted by Crippen LogP contribution is 2.34. The molecule has 1 unspecified atom stereocenters. The summed E-state index contributed by atoms with van der Waals surface area (Å²) in [5, 5.41) is 3.14. The van der Waals surface area contributed by atoms with E-state index in [9.17, 15) is 13.2 Å². The standard InChI is InChI=1S/C16H14F3NO/c17-16(18,19)13-7-3-1-5-11(13)9-20-14-10-21-15-8-4-2-6-12(14)15/h1-8,14,20H,9-10H2. The van der Waals surface area contributed by atoms with E-state index < -0.39 is 11.7 Å². The van der Waals surface area contributed by atoms with Crippen molar-refractivity contribution in [2.24, 2.45) is 0 Å². The van der Waals surface area contributed by atoms with E-state index >= 15 is 0 Å². The maximum atomic E-state index is 12.9. The molecule has 0 saturated carbocycles. The number of hydrogen-bond acceptors (Lipinski definition) is 2. The third-order valence-corrected chi connectivity index (χ3v) is 3.56. The van der Waals surface area contributed by atoms with Gasteiger partial charge in [-0.25, -0.2) is 0 Å². The molecule has 0 aromatic heterocycles. The third kappa shape index (κ3) is 2.88. The van der Waals surface area contributed by atoms with Gasteiger partial charge in [0.05, 0.1) is 11.6 Å². The summed E-state index contributed by atoms with van der Waals surface area (Å²) in [7, 11) is 0. The lowest BCUT2D eigenvalue weighted by atomic mass is 10.1. The molecule has 2 nitrogen and oxygen atoms in total. The van der Waals surface area contributed by atoms with E-state index in [2.05, 4.69) is 5.32 Å². The average molecular weight is 293 g/mol. The van der Waals surface area contributed by atoms with Crippen LogP contribution in [-0.2, 0) is 12.7 Å². The van der Waals surface area contributed by atoms with Crippen molar-refractivity contribution in [1.82, 2.24) is 5.32 Å². The second-order valence-corrected chi connectivity index (χ2v) is 4.94. The molecule has 1 N–H and O–H groups in total. The molecule has 0 saturated heterocycles. The number of alkyl halides is 3. The third-order valence-electron chi connectivity index (χ3n) is 3.56. The number of para-hydroxylation sites is 1. The van der Waals surface area contributed by atoms with Crippen LogP contribution in [0.2, 0.25) is 0 Å². The summed E-state index contributed by atoms with van der Waals surface area (Å²) in [4.78, 5) is 0. The summed E-state index contributed by atoms with van der Waals surface area (Å²) in [5.41, 5.74) is 0.640. The number of nitrogens with one attached hydrogen (secondary N) is 1. The summed E-state index contributed by atoms with van der Waals surface area (Å²) >= 11 is 0. The Labute approximate surface area is 120 Å². The minimum absolute atomic E-state index is 0.0810. The first kappa shape index (κ1) is 13.9. The molecule has 21 heavy (non-hydrogen) atoms. The molecule has 2 aromatic rings. The van der Waals surface area contributed by atoms with Crippen LogP contribution < -0.4 is 10.1 Å². The van der Waals surface area contributed by atoms with Crippen molar-refractivity contribution in [1.29, 1.82) is 0 Å². The summed E-state index contributed by atoms with van der Waals surface area (Å²) in [6, 6.07) is 13.1. The van der Waals surface area contributed by atoms with Gasteiger partial charge in [-0.3, -0.25) is 0 Å². The molecule has 1 aliphatic heterocycles. The van der Waals surface area contributed by atoms with Crippen LogP contribution in [0.3, 0.4) is 0 Å². The molecule has 0 bridgehead atoms. The molecule has 1 atom stereocenters. The number of halogens is 3. The molecule has 3 rings (SSSR count). The van der Waals surface area contributed by atoms with E-state index in [1.54, 1.807) is 6.07 Å². The highest BCUT2D eigenvalue weighted by atomic mass is 19.4. The fourth-order valence-electron chi connectivity index (χ4n) is 2.52. The Balaban J connectivity index is 1.75. The molecule has 110 valence electrons. The molecule has 0 amide bonds. The lowest BCUT2D eigenvalue weighted by molar-refractivity contribution is -0.138. The number of rotatable bonds is 3. The van der Waals surface area contributed by atoms with E-state index in [4.69, 9.17) is 4.74 Å². The van der Waals surface area contributed by atoms with E-state index in [0.29, 0.717) is 6.61 Å². The minimum atomic E-state index is -4.33. The molecule has 1 heterocycles. The zero-order valence-corrected chi connectivity index (χ0v) is 11.2. The van der Waals surface area contributed by atoms with Crippen molar-refractivity contribution in [3.8, 4) is 5.75 Å². The number of fused-ring (bicyclic) bond motifs is 1. The van der Waals surface area contributed by atoms with Crippen LogP contribution in [0.25, 0.3) is 0 Å². The van der Waals surface area contributed by atoms with Gasteiger partial charge in [0.15, 0.2) is 0 Å². The smallest absolute Gasteiger partial charge is 0.416 e. The van der Waals surface area contributed by atoms with Gasteiger partial charge >= 0.3 is 6.18 Å². The van der Waals surface area contributed by atoms with Crippen LogP contribution in [-0.4, -0.2) is 6.61 Å². The van der Waals surface area contributed by atoms with Crippen molar-refractivity contribution >= 4 is 0 Å². The SMILES string of the molecule is FC(F)(F)c1ccccc1CNC1COc2ccccc21. The van der Waals surface area contributed by atoms with Gasteiger partial charge in [-0.2, -0.15) is 13.2 Å². The highest BCUT2D eigenvalue weighted by Gasteiger charge is 2.33. The van der Waals surface area contributed by atoms with Gasteiger partial charge in [-0.05, 0) is 17.7 Å². The quantitative estimate of drug-likeness (QED) is 0.926. The van der Waals surface area contributed by atoms with E-state index in [-0.39, 0.29) is 18.2 Å². The lowest BCUT2D eigenvalue weighted by Gasteiger charge is -2.16. The Morgan fingerprint density at radius 1 is 1.05 bits per heavy atom. The van der Waals surface area contributed by atoms with E-state index in [1.807, 2.05) is 24.3 Å². The number of benzene rings is 2. The molecular formula is C16H14F3NO. The summed E-state index contributed by atoms with van der Waals surface area (Å²) < 4.78 is 44.3. The summed E-state index contributed by atoms with van der Waals surface area (Å²) in [6.07, 6.45) is -4.33. The molecule has 0 radical (unpaired) electrons. The van der Waals surface area contributed by atoms with Crippen LogP contribution >= 0.6 is 0 Å². The Hall–Kier alpha value is -2.01. The second kappa shape index (κ2) is 5.41. The predicted octanol–water partition coefficient (Wildman–Crippen LogP) is 3.93. The van der Waals surface area contributed by atoms with Gasteiger partial charge in [0, 0.05) is 12.1 Å². The van der Waals surface area contributed by atoms with Crippen molar-refractivity contribution in [3.05, 3.63) is 65.2 Å². The van der Waals surface area contributed by atoms with Crippen LogP contribution in [0.1, 0.15) is 22.7 Å². The van der Waals surface area contributed by atoms with Crippen molar-refractivity contribution in [2.45, 2.75) is 18.8 Å². The highest BCUT2D eigenvalue weighted by molar-refractivity contribution is 5.39. The van der Waals surface area contributed by atoms with Crippen LogP contribution in [0.5, 0.6) is 5.75 Å². The average Bonchev–Trinajstić information content (AvgIpc) is 2.88. The fourth-order valence-corrected chi connectivity index (χ4v) is 2.52. The van der Waals surface area contributed by atoms with E-state index in [0.717, 1.165) is 17.4 Å². The van der Waals surface area contributed by atoms with E-state index in [1.165, 1.54) is 12.1 Å². The molecule has 2 aromatic carbocycles. The van der Waals surface area contributed by atoms with Gasteiger partial charge < -0.3 is 10.1 Å². The Kier molecular flexibility index (Phi) is 3.59. The molecule has 0 aliphatic carbocycles. The zero-order chi connectivity index (χ0) is 14.9. The summed E-state index contributed by atoms with van der Waals surface area (Å²) in [5.74, 6) is 0.791. The van der Waals surface area contributed by atoms with Crippen molar-refractivity contribution in [3.63, 3.8) is 0 Å². The molecule has 0 spiro atoms. The Bertz CT molecular complexity index is 639. The number of ether oxygens (including phenoxy) is 1. The summed E-state index contributed by atoms with van der Waals surface area (Å²) in [6.45, 7) is 0.589. The van der Waals surface area contributed by atoms with Gasteiger partial charge in [0.25, 0.3) is 0 Å². The van der Waals surface area contributed by atoms with Crippen molar-refractivity contribution < 1.29 is 17.9 Å². The maximum absolute atomic E-state index is 12.9. The van der Waals surface area contributed by atoms with Gasteiger partial charge in [0.2, 0.25) is 0 Å². The Morgan fingerprint density at radius 2 is 1.76 bits per heavy atom. The number of hydrogen-bond donors (Lipinski definition) is 1. The Morgan fingerprint density at radius 3 is 2.57 bits per heavy atom. The largest absolute Gasteiger partial charge is 0.491 e. The predicted molar refractivity (Wildman–Crippen MR) is 73.0 cm³/mol. The first-order chi connectivity index (χ1) is 10.1. The van der Waals surface area contributed by atoms with Gasteiger partial charge in [-0.15, -0.1) is 0 Å². The first-order valence-electron chi connectivity index (χ1n) is 6.66. The second-order valence-electron chi connectivity index (χ2n) is 4.94. The normalized spacial score (nSPS) is 17.4. The molecule has 1 aliphatic rings. The lowest BCUT2D eigenvalue weighted by Crippen LogP contribution is -2.23. The van der Waals surface area contributed by atoms with Crippen molar-refractivity contribution in [2.75, 3.05) is 6.61 Å². The topological polar surface area (TPSA) is 21.3 Å². The maximum Gasteiger partial charge on any atom is 0.416 e. The van der Waals surface area contributed by atoms with Gasteiger partial charge in [-0.1, -0.05) is 36.4 Å². The van der Waals surface area contributed by atoms with Crippen LogP contribution in [0, 0.1) is 0 Å². The zero-order valence-electron chi connectivity index (χ0n) is 11.2. The molecule has 5 heteroatoms. The molecule has 0 fully saturated rings. The fraction of sp³-hybridized carbons (Fsp3) is 0.250. The van der Waals surface area contributed by atoms with Crippen LogP contribution in [0.4, 0.5) is 13.2 Å².